The number of piperidine rings is 2. The van der Waals surface area contributed by atoms with Gasteiger partial charge in [0.25, 0.3) is 0 Å². The van der Waals surface area contributed by atoms with E-state index in [1.807, 2.05) is 0 Å². The monoisotopic (exact) mass is 378 g/mol. The van der Waals surface area contributed by atoms with E-state index < -0.39 is 10.8 Å². The lowest BCUT2D eigenvalue weighted by Crippen LogP contribution is -2.50. The minimum absolute atomic E-state index is 0.428. The molecular formula is C22H38N2OS. The molecule has 148 valence electrons. The molecule has 3 fully saturated rings. The van der Waals surface area contributed by atoms with Gasteiger partial charge in [-0.1, -0.05) is 25.0 Å². The molecule has 4 atom stereocenters. The average Bonchev–Trinajstić information content (AvgIpc) is 3.04. The Morgan fingerprint density at radius 1 is 0.615 bits per heavy atom. The summed E-state index contributed by atoms with van der Waals surface area (Å²) in [5.74, 6) is 0. The van der Waals surface area contributed by atoms with Crippen LogP contribution in [-0.4, -0.2) is 62.8 Å². The lowest BCUT2D eigenvalue weighted by molar-refractivity contribution is 0.147. The molecule has 2 bridgehead atoms. The predicted octanol–water partition coefficient (Wildman–Crippen LogP) is 4.11. The Kier molecular flexibility index (Phi) is 6.87. The van der Waals surface area contributed by atoms with Crippen LogP contribution in [0.3, 0.4) is 0 Å². The zero-order chi connectivity index (χ0) is 17.8. The number of hydrogen-bond acceptors (Lipinski definition) is 3. The van der Waals surface area contributed by atoms with Gasteiger partial charge in [0.1, 0.15) is 0 Å². The minimum Gasteiger partial charge on any atom is -0.299 e. The van der Waals surface area contributed by atoms with Crippen molar-refractivity contribution in [3.05, 3.63) is 12.2 Å². The summed E-state index contributed by atoms with van der Waals surface area (Å²) < 4.78 is 13.7. The maximum Gasteiger partial charge on any atom is 0.0507 e. The molecule has 0 aliphatic carbocycles. The van der Waals surface area contributed by atoms with Gasteiger partial charge in [0.05, 0.1) is 10.5 Å². The average molecular weight is 379 g/mol. The highest BCUT2D eigenvalue weighted by atomic mass is 32.2. The van der Waals surface area contributed by atoms with Crippen molar-refractivity contribution < 1.29 is 4.21 Å². The molecule has 4 rings (SSSR count). The van der Waals surface area contributed by atoms with E-state index >= 15 is 0 Å². The van der Waals surface area contributed by atoms with E-state index in [1.54, 1.807) is 0 Å². The Labute approximate surface area is 163 Å². The molecule has 26 heavy (non-hydrogen) atoms. The van der Waals surface area contributed by atoms with Crippen molar-refractivity contribution in [3.63, 3.8) is 0 Å². The molecule has 3 nitrogen and oxygen atoms in total. The second kappa shape index (κ2) is 9.34. The van der Waals surface area contributed by atoms with Gasteiger partial charge < -0.3 is 0 Å². The molecule has 3 saturated heterocycles. The summed E-state index contributed by atoms with van der Waals surface area (Å²) in [7, 11) is -0.648. The van der Waals surface area contributed by atoms with E-state index in [9.17, 15) is 4.21 Å². The van der Waals surface area contributed by atoms with Gasteiger partial charge in [-0.25, -0.2) is 0 Å². The van der Waals surface area contributed by atoms with Crippen LogP contribution < -0.4 is 0 Å². The van der Waals surface area contributed by atoms with Crippen molar-refractivity contribution in [2.75, 3.05) is 26.2 Å². The van der Waals surface area contributed by atoms with E-state index in [1.165, 1.54) is 103 Å². The van der Waals surface area contributed by atoms with Crippen molar-refractivity contribution in [1.82, 2.24) is 9.80 Å². The Bertz CT molecular complexity index is 454. The van der Waals surface area contributed by atoms with Crippen LogP contribution in [0.25, 0.3) is 0 Å². The molecular weight excluding hydrogens is 340 g/mol. The van der Waals surface area contributed by atoms with Crippen LogP contribution in [0.15, 0.2) is 12.2 Å². The standard InChI is InChI=1S/C22H38N2OS/c25-26-21-13-14-22(26)20(24-17-9-4-10-18-24)12-6-2-1-5-11-19(21)23-15-7-3-8-16-23/h1-2,19-22H,3-18H2/b2-1-. The van der Waals surface area contributed by atoms with Crippen LogP contribution in [0.5, 0.6) is 0 Å². The van der Waals surface area contributed by atoms with Crippen molar-refractivity contribution in [2.45, 2.75) is 99.6 Å². The van der Waals surface area contributed by atoms with Gasteiger partial charge in [-0.3, -0.25) is 14.0 Å². The quantitative estimate of drug-likeness (QED) is 0.676. The predicted molar refractivity (Wildman–Crippen MR) is 111 cm³/mol. The fraction of sp³-hybridized carbons (Fsp3) is 0.909. The number of allylic oxidation sites excluding steroid dienone is 2. The third kappa shape index (κ3) is 4.28. The second-order valence-electron chi connectivity index (χ2n) is 8.94. The van der Waals surface area contributed by atoms with Gasteiger partial charge in [0.2, 0.25) is 0 Å². The van der Waals surface area contributed by atoms with Gasteiger partial charge in [0, 0.05) is 22.9 Å². The van der Waals surface area contributed by atoms with Crippen LogP contribution >= 0.6 is 0 Å². The Morgan fingerprint density at radius 3 is 1.46 bits per heavy atom. The second-order valence-corrected chi connectivity index (χ2v) is 10.8. The third-order valence-corrected chi connectivity index (χ3v) is 9.63. The topological polar surface area (TPSA) is 23.6 Å². The maximum absolute atomic E-state index is 13.7. The van der Waals surface area contributed by atoms with E-state index in [0.717, 1.165) is 0 Å². The number of likely N-dealkylation sites (tertiary alicyclic amines) is 2. The zero-order valence-electron chi connectivity index (χ0n) is 16.5. The highest BCUT2D eigenvalue weighted by Gasteiger charge is 2.44. The van der Waals surface area contributed by atoms with E-state index in [0.29, 0.717) is 22.6 Å². The summed E-state index contributed by atoms with van der Waals surface area (Å²) >= 11 is 0. The highest BCUT2D eigenvalue weighted by Crippen LogP contribution is 2.36. The lowest BCUT2D eigenvalue weighted by Gasteiger charge is -2.39. The number of fused-ring (bicyclic) bond motifs is 2. The molecule has 4 unspecified atom stereocenters. The van der Waals surface area contributed by atoms with Gasteiger partial charge in [-0.2, -0.15) is 0 Å². The zero-order valence-corrected chi connectivity index (χ0v) is 17.3. The molecule has 4 aliphatic heterocycles. The summed E-state index contributed by atoms with van der Waals surface area (Å²) in [6.07, 6.45) is 20.2. The molecule has 0 aromatic rings. The van der Waals surface area contributed by atoms with Crippen molar-refractivity contribution >= 4 is 10.8 Å². The van der Waals surface area contributed by atoms with E-state index in [2.05, 4.69) is 22.0 Å². The molecule has 4 aliphatic rings. The third-order valence-electron chi connectivity index (χ3n) is 7.34. The molecule has 0 saturated carbocycles. The lowest BCUT2D eigenvalue weighted by atomic mass is 9.94. The Balaban J connectivity index is 1.53. The minimum atomic E-state index is -0.648. The molecule has 0 N–H and O–H groups in total. The molecule has 0 aromatic carbocycles. The van der Waals surface area contributed by atoms with Crippen molar-refractivity contribution in [2.24, 2.45) is 0 Å². The summed E-state index contributed by atoms with van der Waals surface area (Å²) in [5.41, 5.74) is 0. The smallest absolute Gasteiger partial charge is 0.0507 e. The van der Waals surface area contributed by atoms with Crippen molar-refractivity contribution in [1.29, 1.82) is 0 Å². The Hall–Kier alpha value is -0.190. The van der Waals surface area contributed by atoms with Crippen LogP contribution in [0.1, 0.15) is 77.0 Å². The van der Waals surface area contributed by atoms with Gasteiger partial charge >= 0.3 is 0 Å². The molecule has 0 aromatic heterocycles. The van der Waals surface area contributed by atoms with Crippen LogP contribution in [0.2, 0.25) is 0 Å². The van der Waals surface area contributed by atoms with Crippen LogP contribution in [-0.2, 0) is 10.8 Å². The van der Waals surface area contributed by atoms with Crippen LogP contribution in [0.4, 0.5) is 0 Å². The Morgan fingerprint density at radius 2 is 1.04 bits per heavy atom. The molecule has 0 amide bonds. The summed E-state index contributed by atoms with van der Waals surface area (Å²) in [4.78, 5) is 5.44. The number of rotatable bonds is 2. The van der Waals surface area contributed by atoms with Gasteiger partial charge in [0.15, 0.2) is 0 Å². The van der Waals surface area contributed by atoms with E-state index in [-0.39, 0.29) is 0 Å². The van der Waals surface area contributed by atoms with E-state index in [4.69, 9.17) is 0 Å². The fourth-order valence-electron chi connectivity index (χ4n) is 5.96. The molecule has 0 spiro atoms. The first-order chi connectivity index (χ1) is 12.8. The highest BCUT2D eigenvalue weighted by molar-refractivity contribution is 7.86. The van der Waals surface area contributed by atoms with Gasteiger partial charge in [-0.05, 0) is 90.4 Å². The summed E-state index contributed by atoms with van der Waals surface area (Å²) in [6, 6.07) is 1.12. The first-order valence-electron chi connectivity index (χ1n) is 11.4. The van der Waals surface area contributed by atoms with Gasteiger partial charge in [-0.15, -0.1) is 0 Å². The number of hydrogen-bond donors (Lipinski definition) is 0. The normalized spacial score (nSPS) is 42.2. The van der Waals surface area contributed by atoms with Crippen LogP contribution in [0, 0.1) is 0 Å². The summed E-state index contributed by atoms with van der Waals surface area (Å²) in [5, 5.41) is 0.855. The number of nitrogens with zero attached hydrogens (tertiary/aromatic N) is 2. The summed E-state index contributed by atoms with van der Waals surface area (Å²) in [6.45, 7) is 4.95. The van der Waals surface area contributed by atoms with Crippen molar-refractivity contribution in [3.8, 4) is 0 Å². The molecule has 0 radical (unpaired) electrons. The largest absolute Gasteiger partial charge is 0.299 e. The first-order valence-corrected chi connectivity index (χ1v) is 12.6. The first kappa shape index (κ1) is 19.1. The SMILES string of the molecule is O=S1C2CCC1C(N1CCCCC1)CC/C=C\CCC2N1CCCCC1. The fourth-order valence-corrected chi connectivity index (χ4v) is 8.38. The molecule has 4 heterocycles. The maximum atomic E-state index is 13.7. The molecule has 4 heteroatoms.